The van der Waals surface area contributed by atoms with Crippen LogP contribution in [0.15, 0.2) is 59.7 Å². The number of thiocarbonyl (C=S) groups is 1. The highest BCUT2D eigenvalue weighted by molar-refractivity contribution is 7.80. The second-order valence-corrected chi connectivity index (χ2v) is 6.17. The largest absolute Gasteiger partial charge is 0.416 e. The van der Waals surface area contributed by atoms with E-state index in [0.29, 0.717) is 36.1 Å². The van der Waals surface area contributed by atoms with Crippen LogP contribution in [0, 0.1) is 0 Å². The smallest absolute Gasteiger partial charge is 0.358 e. The first-order chi connectivity index (χ1) is 12.4. The van der Waals surface area contributed by atoms with E-state index in [1.54, 1.807) is 6.07 Å². The Bertz CT molecular complexity index is 806. The molecule has 2 aromatic carbocycles. The molecule has 0 spiro atoms. The van der Waals surface area contributed by atoms with Crippen LogP contribution >= 0.6 is 12.2 Å². The van der Waals surface area contributed by atoms with E-state index in [1.165, 1.54) is 11.1 Å². The zero-order chi connectivity index (χ0) is 18.6. The fraction of sp³-hybridized carbons (Fsp3) is 0.222. The van der Waals surface area contributed by atoms with E-state index >= 15 is 0 Å². The van der Waals surface area contributed by atoms with Crippen molar-refractivity contribution in [2.75, 3.05) is 11.6 Å². The lowest BCUT2D eigenvalue weighted by molar-refractivity contribution is -0.137. The Kier molecular flexibility index (Phi) is 5.41. The van der Waals surface area contributed by atoms with Gasteiger partial charge in [-0.25, -0.2) is 0 Å². The van der Waals surface area contributed by atoms with Gasteiger partial charge in [0.15, 0.2) is 5.11 Å². The topological polar surface area (TPSA) is 39.7 Å². The van der Waals surface area contributed by atoms with Crippen molar-refractivity contribution in [2.45, 2.75) is 19.1 Å². The van der Waals surface area contributed by atoms with Gasteiger partial charge in [0.05, 0.1) is 11.3 Å². The number of halogens is 3. The number of nitrogens with one attached hydrogen (secondary N) is 2. The van der Waals surface area contributed by atoms with Crippen LogP contribution in [0.25, 0.3) is 0 Å². The van der Waals surface area contributed by atoms with Crippen molar-refractivity contribution in [2.24, 2.45) is 5.10 Å². The van der Waals surface area contributed by atoms with Crippen molar-refractivity contribution in [3.05, 3.63) is 65.7 Å². The fourth-order valence-electron chi connectivity index (χ4n) is 2.53. The minimum Gasteiger partial charge on any atom is -0.358 e. The third-order valence-electron chi connectivity index (χ3n) is 3.83. The van der Waals surface area contributed by atoms with Crippen molar-refractivity contribution in [1.29, 1.82) is 0 Å². The molecular weight excluding hydrogens is 361 g/mol. The molecule has 4 nitrogen and oxygen atoms in total. The minimum atomic E-state index is -4.37. The first-order valence-corrected chi connectivity index (χ1v) is 8.44. The van der Waals surface area contributed by atoms with E-state index in [1.807, 2.05) is 30.3 Å². The number of nitrogens with zero attached hydrogens (tertiary/aromatic N) is 2. The molecule has 1 aliphatic heterocycles. The number of alkyl halides is 3. The molecule has 0 aromatic heterocycles. The van der Waals surface area contributed by atoms with Crippen LogP contribution in [-0.4, -0.2) is 17.5 Å². The van der Waals surface area contributed by atoms with Gasteiger partial charge >= 0.3 is 6.18 Å². The molecule has 0 bridgehead atoms. The maximum absolute atomic E-state index is 12.8. The number of anilines is 1. The monoisotopic (exact) mass is 378 g/mol. The summed E-state index contributed by atoms with van der Waals surface area (Å²) >= 11 is 5.24. The highest BCUT2D eigenvalue weighted by Gasteiger charge is 2.31. The fourth-order valence-corrected chi connectivity index (χ4v) is 2.72. The third kappa shape index (κ3) is 4.72. The van der Waals surface area contributed by atoms with Crippen molar-refractivity contribution in [1.82, 2.24) is 10.6 Å². The lowest BCUT2D eigenvalue weighted by Crippen LogP contribution is -2.38. The van der Waals surface area contributed by atoms with Crippen LogP contribution in [0.3, 0.4) is 0 Å². The van der Waals surface area contributed by atoms with E-state index < -0.39 is 11.7 Å². The van der Waals surface area contributed by atoms with Gasteiger partial charge in [-0.1, -0.05) is 36.4 Å². The molecule has 2 aromatic rings. The minimum absolute atomic E-state index is 0.403. The van der Waals surface area contributed by atoms with Gasteiger partial charge in [-0.05, 0) is 36.0 Å². The number of benzene rings is 2. The van der Waals surface area contributed by atoms with Crippen molar-refractivity contribution in [3.63, 3.8) is 0 Å². The van der Waals surface area contributed by atoms with Crippen LogP contribution < -0.4 is 15.6 Å². The van der Waals surface area contributed by atoms with E-state index in [0.717, 1.165) is 17.7 Å². The van der Waals surface area contributed by atoms with Crippen LogP contribution in [0.2, 0.25) is 0 Å². The summed E-state index contributed by atoms with van der Waals surface area (Å²) in [5.41, 5.74) is 0.807. The lowest BCUT2D eigenvalue weighted by Gasteiger charge is -2.15. The van der Waals surface area contributed by atoms with Crippen molar-refractivity contribution >= 4 is 28.9 Å². The molecule has 0 amide bonds. The molecule has 0 radical (unpaired) electrons. The normalized spacial score (nSPS) is 14.1. The Morgan fingerprint density at radius 1 is 1.12 bits per heavy atom. The molecule has 0 saturated carbocycles. The summed E-state index contributed by atoms with van der Waals surface area (Å²) in [6, 6.07) is 14.9. The molecule has 0 aliphatic carbocycles. The van der Waals surface area contributed by atoms with Crippen molar-refractivity contribution < 1.29 is 13.2 Å². The molecule has 26 heavy (non-hydrogen) atoms. The molecular formula is C18H17F3N4S. The van der Waals surface area contributed by atoms with Crippen LogP contribution in [0.1, 0.15) is 17.5 Å². The molecule has 0 atom stereocenters. The molecule has 136 valence electrons. The maximum Gasteiger partial charge on any atom is 0.416 e. The van der Waals surface area contributed by atoms with Crippen LogP contribution in [-0.2, 0) is 12.7 Å². The van der Waals surface area contributed by atoms with Gasteiger partial charge in [0.2, 0.25) is 0 Å². The number of rotatable bonds is 3. The van der Waals surface area contributed by atoms with Crippen LogP contribution in [0.4, 0.5) is 18.9 Å². The summed E-state index contributed by atoms with van der Waals surface area (Å²) in [5.74, 6) is 0.618. The number of hydrazone groups is 1. The lowest BCUT2D eigenvalue weighted by atomic mass is 10.2. The first-order valence-electron chi connectivity index (χ1n) is 8.03. The third-order valence-corrected chi connectivity index (χ3v) is 4.07. The van der Waals surface area contributed by atoms with Gasteiger partial charge in [0.25, 0.3) is 0 Å². The van der Waals surface area contributed by atoms with Crippen LogP contribution in [0.5, 0.6) is 0 Å². The van der Waals surface area contributed by atoms with E-state index in [9.17, 15) is 13.2 Å². The standard InChI is InChI=1S/C18H17F3N4S/c19-18(20,21)14-7-4-8-15(11-14)25-10-9-16(24-25)23-17(26)22-12-13-5-2-1-3-6-13/h1-8,11H,9-10,12H2,(H2,22,23,24,26). The predicted molar refractivity (Wildman–Crippen MR) is 99.9 cm³/mol. The van der Waals surface area contributed by atoms with Crippen molar-refractivity contribution in [3.8, 4) is 0 Å². The Labute approximate surface area is 154 Å². The van der Waals surface area contributed by atoms with Gasteiger partial charge < -0.3 is 10.6 Å². The summed E-state index contributed by atoms with van der Waals surface area (Å²) in [6.45, 7) is 1.07. The summed E-state index contributed by atoms with van der Waals surface area (Å²) in [5, 5.41) is 12.4. The molecule has 1 aliphatic rings. The summed E-state index contributed by atoms with van der Waals surface area (Å²) < 4.78 is 38.5. The highest BCUT2D eigenvalue weighted by atomic mass is 32.1. The predicted octanol–water partition coefficient (Wildman–Crippen LogP) is 3.89. The van der Waals surface area contributed by atoms with E-state index in [2.05, 4.69) is 15.7 Å². The molecule has 3 rings (SSSR count). The molecule has 0 fully saturated rings. The molecule has 0 unspecified atom stereocenters. The average molecular weight is 378 g/mol. The summed E-state index contributed by atoms with van der Waals surface area (Å²) in [6.07, 6.45) is -3.80. The summed E-state index contributed by atoms with van der Waals surface area (Å²) in [7, 11) is 0. The molecule has 1 heterocycles. The molecule has 0 saturated heterocycles. The van der Waals surface area contributed by atoms with Gasteiger partial charge in [0, 0.05) is 19.5 Å². The Morgan fingerprint density at radius 2 is 1.88 bits per heavy atom. The Morgan fingerprint density at radius 3 is 2.62 bits per heavy atom. The van der Waals surface area contributed by atoms with Gasteiger partial charge in [-0.2, -0.15) is 18.3 Å². The Balaban J connectivity index is 1.58. The summed E-state index contributed by atoms with van der Waals surface area (Å²) in [4.78, 5) is 0. The zero-order valence-corrected chi connectivity index (χ0v) is 14.6. The maximum atomic E-state index is 12.8. The second-order valence-electron chi connectivity index (χ2n) is 5.76. The quantitative estimate of drug-likeness (QED) is 0.795. The average Bonchev–Trinajstić information content (AvgIpc) is 3.09. The molecule has 8 heteroatoms. The molecule has 2 N–H and O–H groups in total. The second kappa shape index (κ2) is 7.74. The number of hydrogen-bond acceptors (Lipinski definition) is 3. The van der Waals surface area contributed by atoms with Gasteiger partial charge in [-0.3, -0.25) is 5.01 Å². The highest BCUT2D eigenvalue weighted by Crippen LogP contribution is 2.32. The van der Waals surface area contributed by atoms with Gasteiger partial charge in [-0.15, -0.1) is 0 Å². The van der Waals surface area contributed by atoms with Gasteiger partial charge in [0.1, 0.15) is 5.84 Å². The number of hydrogen-bond donors (Lipinski definition) is 2. The van der Waals surface area contributed by atoms with E-state index in [4.69, 9.17) is 12.2 Å². The Hall–Kier alpha value is -2.61. The zero-order valence-electron chi connectivity index (χ0n) is 13.8. The first kappa shape index (κ1) is 18.2. The van der Waals surface area contributed by atoms with E-state index in [-0.39, 0.29) is 0 Å². The SMILES string of the molecule is FC(F)(F)c1cccc(N2CCC(NC(=S)NCc3ccccc3)=N2)c1. The number of amidine groups is 1.